The molecule has 102 valence electrons. The normalized spacial score (nSPS) is 25.2. The molecule has 0 bridgehead atoms. The summed E-state index contributed by atoms with van der Waals surface area (Å²) in [6.07, 6.45) is 3.88. The Bertz CT molecular complexity index is 190. The van der Waals surface area contributed by atoms with Crippen molar-refractivity contribution in [3.8, 4) is 0 Å². The van der Waals surface area contributed by atoms with Crippen LogP contribution in [0.1, 0.15) is 26.2 Å². The molecule has 1 fully saturated rings. The van der Waals surface area contributed by atoms with Crippen molar-refractivity contribution < 1.29 is 9.47 Å². The van der Waals surface area contributed by atoms with Gasteiger partial charge in [0.15, 0.2) is 0 Å². The molecule has 17 heavy (non-hydrogen) atoms. The zero-order chi connectivity index (χ0) is 12.5. The van der Waals surface area contributed by atoms with Gasteiger partial charge in [0, 0.05) is 26.8 Å². The van der Waals surface area contributed by atoms with Gasteiger partial charge in [-0.2, -0.15) is 0 Å². The van der Waals surface area contributed by atoms with Gasteiger partial charge in [-0.05, 0) is 38.9 Å². The summed E-state index contributed by atoms with van der Waals surface area (Å²) in [6, 6.07) is 0.682. The van der Waals surface area contributed by atoms with Crippen LogP contribution in [0.5, 0.6) is 0 Å². The van der Waals surface area contributed by atoms with Gasteiger partial charge in [0.2, 0.25) is 0 Å². The van der Waals surface area contributed by atoms with E-state index >= 15 is 0 Å². The van der Waals surface area contributed by atoms with E-state index < -0.39 is 0 Å². The number of methoxy groups -OCH3 is 2. The fraction of sp³-hybridized carbons (Fsp3) is 1.00. The predicted octanol–water partition coefficient (Wildman–Crippen LogP) is 1.11. The molecule has 0 saturated carbocycles. The molecule has 0 aromatic heterocycles. The van der Waals surface area contributed by atoms with Crippen molar-refractivity contribution in [1.82, 2.24) is 10.2 Å². The molecule has 1 heterocycles. The van der Waals surface area contributed by atoms with Crippen LogP contribution in [0.2, 0.25) is 0 Å². The minimum Gasteiger partial charge on any atom is -0.382 e. The summed E-state index contributed by atoms with van der Waals surface area (Å²) < 4.78 is 10.6. The highest BCUT2D eigenvalue weighted by molar-refractivity contribution is 4.74. The minimum absolute atomic E-state index is 0.201. The third-order valence-electron chi connectivity index (χ3n) is 3.52. The lowest BCUT2D eigenvalue weighted by Gasteiger charge is -2.31. The zero-order valence-corrected chi connectivity index (χ0v) is 11.6. The summed E-state index contributed by atoms with van der Waals surface area (Å²) in [5.74, 6) is 0. The second-order valence-corrected chi connectivity index (χ2v) is 4.82. The molecule has 4 heteroatoms. The van der Waals surface area contributed by atoms with Crippen LogP contribution in [0.4, 0.5) is 0 Å². The molecule has 1 aliphatic heterocycles. The van der Waals surface area contributed by atoms with Crippen molar-refractivity contribution in [3.63, 3.8) is 0 Å². The topological polar surface area (TPSA) is 33.7 Å². The maximum absolute atomic E-state index is 5.44. The molecule has 0 radical (unpaired) electrons. The van der Waals surface area contributed by atoms with Gasteiger partial charge < -0.3 is 19.7 Å². The van der Waals surface area contributed by atoms with Crippen molar-refractivity contribution in [2.45, 2.75) is 38.3 Å². The van der Waals surface area contributed by atoms with E-state index in [2.05, 4.69) is 17.1 Å². The van der Waals surface area contributed by atoms with E-state index in [0.717, 1.165) is 26.2 Å². The average molecular weight is 244 g/mol. The smallest absolute Gasteiger partial charge is 0.0931 e. The van der Waals surface area contributed by atoms with Gasteiger partial charge in [0.25, 0.3) is 0 Å². The van der Waals surface area contributed by atoms with Crippen molar-refractivity contribution >= 4 is 0 Å². The molecule has 1 rings (SSSR count). The van der Waals surface area contributed by atoms with Crippen molar-refractivity contribution in [2.24, 2.45) is 0 Å². The van der Waals surface area contributed by atoms with E-state index in [1.54, 1.807) is 14.2 Å². The Hall–Kier alpha value is -0.160. The van der Waals surface area contributed by atoms with Crippen LogP contribution < -0.4 is 5.32 Å². The fourth-order valence-electron chi connectivity index (χ4n) is 2.36. The van der Waals surface area contributed by atoms with Crippen molar-refractivity contribution in [1.29, 1.82) is 0 Å². The molecule has 1 saturated heterocycles. The molecule has 0 aromatic rings. The molecule has 4 nitrogen and oxygen atoms in total. The van der Waals surface area contributed by atoms with Crippen LogP contribution in [-0.2, 0) is 9.47 Å². The second kappa shape index (κ2) is 8.86. The lowest BCUT2D eigenvalue weighted by atomic mass is 10.1. The van der Waals surface area contributed by atoms with Crippen LogP contribution in [0.25, 0.3) is 0 Å². The molecular formula is C13H28N2O2. The van der Waals surface area contributed by atoms with Crippen LogP contribution in [0, 0.1) is 0 Å². The van der Waals surface area contributed by atoms with Crippen LogP contribution in [0.15, 0.2) is 0 Å². The molecule has 2 atom stereocenters. The van der Waals surface area contributed by atoms with Crippen LogP contribution >= 0.6 is 0 Å². The maximum Gasteiger partial charge on any atom is 0.0931 e. The van der Waals surface area contributed by atoms with Gasteiger partial charge >= 0.3 is 0 Å². The molecule has 0 spiro atoms. The molecule has 0 amide bonds. The lowest BCUT2D eigenvalue weighted by molar-refractivity contribution is 0.00435. The average Bonchev–Trinajstić information content (AvgIpc) is 2.32. The highest BCUT2D eigenvalue weighted by Crippen LogP contribution is 2.07. The molecule has 0 aliphatic carbocycles. The molecule has 1 N–H and O–H groups in total. The standard InChI is InChI=1S/C13H28N2O2/c1-4-12-6-9-15(8-5-7-14-12)10-13(17-3)11-16-2/h12-14H,4-11H2,1-3H3. The van der Waals surface area contributed by atoms with Crippen molar-refractivity contribution in [3.05, 3.63) is 0 Å². The van der Waals surface area contributed by atoms with Crippen LogP contribution in [0.3, 0.4) is 0 Å². The van der Waals surface area contributed by atoms with E-state index in [4.69, 9.17) is 9.47 Å². The number of rotatable bonds is 6. The molecule has 1 aliphatic rings. The quantitative estimate of drug-likeness (QED) is 0.759. The first-order chi connectivity index (χ1) is 8.30. The van der Waals surface area contributed by atoms with Gasteiger partial charge in [0.05, 0.1) is 12.7 Å². The summed E-state index contributed by atoms with van der Waals surface area (Å²) in [5, 5.41) is 3.60. The van der Waals surface area contributed by atoms with Gasteiger partial charge in [-0.25, -0.2) is 0 Å². The highest BCUT2D eigenvalue weighted by atomic mass is 16.5. The van der Waals surface area contributed by atoms with Gasteiger partial charge in [-0.15, -0.1) is 0 Å². The molecule has 0 aromatic carbocycles. The number of hydrogen-bond donors (Lipinski definition) is 1. The molecular weight excluding hydrogens is 216 g/mol. The van der Waals surface area contributed by atoms with Gasteiger partial charge in [0.1, 0.15) is 0 Å². The Kier molecular flexibility index (Phi) is 7.77. The number of nitrogens with zero attached hydrogens (tertiary/aromatic N) is 1. The van der Waals surface area contributed by atoms with E-state index in [0.29, 0.717) is 12.6 Å². The summed E-state index contributed by atoms with van der Waals surface area (Å²) >= 11 is 0. The predicted molar refractivity (Wildman–Crippen MR) is 70.4 cm³/mol. The van der Waals surface area contributed by atoms with Gasteiger partial charge in [-0.3, -0.25) is 0 Å². The second-order valence-electron chi connectivity index (χ2n) is 4.82. The Morgan fingerprint density at radius 3 is 2.82 bits per heavy atom. The third kappa shape index (κ3) is 5.82. The summed E-state index contributed by atoms with van der Waals surface area (Å²) in [5.41, 5.74) is 0. The monoisotopic (exact) mass is 244 g/mol. The first-order valence-electron chi connectivity index (χ1n) is 6.77. The SMILES string of the molecule is CCC1CCN(CC(COC)OC)CCCN1. The Morgan fingerprint density at radius 1 is 1.35 bits per heavy atom. The number of hydrogen-bond acceptors (Lipinski definition) is 4. The van der Waals surface area contributed by atoms with Gasteiger partial charge in [-0.1, -0.05) is 6.92 Å². The van der Waals surface area contributed by atoms with Crippen molar-refractivity contribution in [2.75, 3.05) is 47.0 Å². The first-order valence-corrected chi connectivity index (χ1v) is 6.77. The Balaban J connectivity index is 2.34. The number of ether oxygens (including phenoxy) is 2. The summed E-state index contributed by atoms with van der Waals surface area (Å²) in [4.78, 5) is 2.51. The van der Waals surface area contributed by atoms with E-state index in [1.807, 2.05) is 0 Å². The Morgan fingerprint density at radius 2 is 2.18 bits per heavy atom. The third-order valence-corrected chi connectivity index (χ3v) is 3.52. The zero-order valence-electron chi connectivity index (χ0n) is 11.6. The Labute approximate surface area is 106 Å². The minimum atomic E-state index is 0.201. The maximum atomic E-state index is 5.44. The first kappa shape index (κ1) is 14.9. The largest absolute Gasteiger partial charge is 0.382 e. The van der Waals surface area contributed by atoms with Crippen LogP contribution in [-0.4, -0.2) is 64.1 Å². The summed E-state index contributed by atoms with van der Waals surface area (Å²) in [7, 11) is 3.50. The lowest BCUT2D eigenvalue weighted by Crippen LogP contribution is -2.43. The summed E-state index contributed by atoms with van der Waals surface area (Å²) in [6.45, 7) is 7.38. The van der Waals surface area contributed by atoms with E-state index in [-0.39, 0.29) is 6.10 Å². The number of nitrogens with one attached hydrogen (secondary N) is 1. The fourth-order valence-corrected chi connectivity index (χ4v) is 2.36. The van der Waals surface area contributed by atoms with E-state index in [9.17, 15) is 0 Å². The highest BCUT2D eigenvalue weighted by Gasteiger charge is 2.17. The molecule has 2 unspecified atom stereocenters. The van der Waals surface area contributed by atoms with E-state index in [1.165, 1.54) is 19.3 Å².